The predicted molar refractivity (Wildman–Crippen MR) is 92.6 cm³/mol. The fraction of sp³-hybridized carbons (Fsp3) is 0.333. The van der Waals surface area contributed by atoms with Crippen molar-refractivity contribution < 1.29 is 13.9 Å². The van der Waals surface area contributed by atoms with Crippen LogP contribution in [0.2, 0.25) is 0 Å². The summed E-state index contributed by atoms with van der Waals surface area (Å²) in [5.41, 5.74) is 1.25. The van der Waals surface area contributed by atoms with Gasteiger partial charge in [0.25, 0.3) is 0 Å². The minimum atomic E-state index is -0.603. The van der Waals surface area contributed by atoms with Gasteiger partial charge < -0.3 is 9.30 Å². The molecule has 1 aromatic carbocycles. The Morgan fingerprint density at radius 3 is 2.81 bits per heavy atom. The molecule has 26 heavy (non-hydrogen) atoms. The molecule has 7 nitrogen and oxygen atoms in total. The second-order valence-electron chi connectivity index (χ2n) is 6.50. The van der Waals surface area contributed by atoms with E-state index in [1.165, 1.54) is 12.1 Å². The van der Waals surface area contributed by atoms with Crippen LogP contribution in [0.25, 0.3) is 22.9 Å². The second kappa shape index (κ2) is 6.05. The molecule has 0 spiro atoms. The van der Waals surface area contributed by atoms with Crippen molar-refractivity contribution in [1.29, 1.82) is 0 Å². The number of aromatic nitrogens is 5. The van der Waals surface area contributed by atoms with E-state index in [1.54, 1.807) is 0 Å². The maximum atomic E-state index is 13.9. The Morgan fingerprint density at radius 2 is 2.08 bits per heavy atom. The highest BCUT2D eigenvalue weighted by atomic mass is 19.1. The maximum Gasteiger partial charge on any atom is 0.178 e. The van der Waals surface area contributed by atoms with E-state index in [1.807, 2.05) is 36.2 Å². The molecule has 1 aliphatic heterocycles. The van der Waals surface area contributed by atoms with Gasteiger partial charge in [-0.1, -0.05) is 0 Å². The van der Waals surface area contributed by atoms with Crippen LogP contribution in [0.3, 0.4) is 0 Å². The van der Waals surface area contributed by atoms with Crippen molar-refractivity contribution in [3.05, 3.63) is 35.5 Å². The molecular weight excluding hydrogens is 337 g/mol. The Hall–Kier alpha value is -3.03. The molecule has 1 aliphatic rings. The number of carbonyl (C=O) groups is 1. The van der Waals surface area contributed by atoms with E-state index in [9.17, 15) is 9.18 Å². The van der Waals surface area contributed by atoms with Crippen LogP contribution < -0.4 is 4.74 Å². The molecule has 4 rings (SSSR count). The van der Waals surface area contributed by atoms with E-state index in [0.717, 1.165) is 0 Å². The molecule has 0 radical (unpaired) electrons. The fourth-order valence-corrected chi connectivity index (χ4v) is 3.08. The molecule has 0 atom stereocenters. The third kappa shape index (κ3) is 2.58. The summed E-state index contributed by atoms with van der Waals surface area (Å²) < 4.78 is 23.3. The number of rotatable bonds is 3. The van der Waals surface area contributed by atoms with Crippen molar-refractivity contribution in [1.82, 2.24) is 24.3 Å². The number of hydrogen-bond acceptors (Lipinski definition) is 5. The number of carbonyl (C=O) groups excluding carboxylic acids is 1. The molecule has 0 aliphatic carbocycles. The summed E-state index contributed by atoms with van der Waals surface area (Å²) in [6, 6.07) is 2.85. The lowest BCUT2D eigenvalue weighted by Gasteiger charge is -2.08. The monoisotopic (exact) mass is 355 g/mol. The summed E-state index contributed by atoms with van der Waals surface area (Å²) in [5, 5.41) is 4.43. The molecule has 0 bridgehead atoms. The van der Waals surface area contributed by atoms with E-state index in [0.29, 0.717) is 53.9 Å². The number of aldehydes is 1. The third-order valence-electron chi connectivity index (χ3n) is 4.29. The van der Waals surface area contributed by atoms with Gasteiger partial charge in [-0.05, 0) is 26.8 Å². The van der Waals surface area contributed by atoms with Crippen LogP contribution in [0.1, 0.15) is 36.1 Å². The Balaban J connectivity index is 1.89. The van der Waals surface area contributed by atoms with Gasteiger partial charge in [-0.3, -0.25) is 4.79 Å². The molecule has 3 aromatic rings. The number of hydrogen-bond donors (Lipinski definition) is 0. The molecule has 0 saturated carbocycles. The van der Waals surface area contributed by atoms with Crippen LogP contribution >= 0.6 is 0 Å². The number of aryl methyl sites for hydroxylation is 1. The zero-order valence-electron chi connectivity index (χ0n) is 14.7. The molecular formula is C18H18FN5O2. The molecule has 0 saturated heterocycles. The van der Waals surface area contributed by atoms with Crippen molar-refractivity contribution >= 4 is 6.29 Å². The first-order valence-electron chi connectivity index (χ1n) is 8.40. The van der Waals surface area contributed by atoms with Crippen molar-refractivity contribution in [2.75, 3.05) is 6.61 Å². The van der Waals surface area contributed by atoms with Crippen molar-refractivity contribution in [2.45, 2.75) is 33.4 Å². The molecule has 3 heterocycles. The van der Waals surface area contributed by atoms with Crippen LogP contribution in [0.4, 0.5) is 4.39 Å². The minimum absolute atomic E-state index is 0.0217. The summed E-state index contributed by atoms with van der Waals surface area (Å²) in [6.07, 6.45) is 2.38. The average Bonchev–Trinajstić information content (AvgIpc) is 3.15. The lowest BCUT2D eigenvalue weighted by Crippen LogP contribution is -2.06. The number of halogens is 1. The normalized spacial score (nSPS) is 13.1. The first-order valence-corrected chi connectivity index (χ1v) is 8.40. The molecule has 0 unspecified atom stereocenters. The highest BCUT2D eigenvalue weighted by Gasteiger charge is 2.23. The Kier molecular flexibility index (Phi) is 3.82. The van der Waals surface area contributed by atoms with Gasteiger partial charge >= 0.3 is 0 Å². The van der Waals surface area contributed by atoms with Crippen LogP contribution in [0, 0.1) is 12.7 Å². The molecule has 0 N–H and O–H groups in total. The fourth-order valence-electron chi connectivity index (χ4n) is 3.08. The first-order chi connectivity index (χ1) is 12.5. The predicted octanol–water partition coefficient (Wildman–Crippen LogP) is 3.04. The van der Waals surface area contributed by atoms with Gasteiger partial charge in [-0.2, -0.15) is 5.10 Å². The van der Waals surface area contributed by atoms with Crippen LogP contribution in [-0.2, 0) is 6.54 Å². The molecule has 134 valence electrons. The lowest BCUT2D eigenvalue weighted by atomic mass is 10.1. The topological polar surface area (TPSA) is 74.8 Å². The summed E-state index contributed by atoms with van der Waals surface area (Å²) in [7, 11) is 0. The standard InChI is InChI=1S/C18H18FN5O2/c1-10(2)24-18(20-11(3)22-24)15-8-23-4-5-26-16-7-14(19)12(9-25)6-13(16)17(23)21-15/h6-10H,4-5H2,1-3H3. The number of imidazole rings is 1. The van der Waals surface area contributed by atoms with Gasteiger partial charge in [0, 0.05) is 18.3 Å². The SMILES string of the molecule is Cc1nc(-c2cn3c(n2)-c2cc(C=O)c(F)cc2OCC3)n(C(C)C)n1. The maximum absolute atomic E-state index is 13.9. The van der Waals surface area contributed by atoms with E-state index >= 15 is 0 Å². The smallest absolute Gasteiger partial charge is 0.178 e. The van der Waals surface area contributed by atoms with Gasteiger partial charge in [0.2, 0.25) is 0 Å². The average molecular weight is 355 g/mol. The molecule has 8 heteroatoms. The highest BCUT2D eigenvalue weighted by Crippen LogP contribution is 2.35. The summed E-state index contributed by atoms with van der Waals surface area (Å²) in [4.78, 5) is 20.3. The third-order valence-corrected chi connectivity index (χ3v) is 4.29. The Bertz CT molecular complexity index is 1010. The summed E-state index contributed by atoms with van der Waals surface area (Å²) in [5.74, 6) is 1.75. The van der Waals surface area contributed by atoms with Gasteiger partial charge in [-0.25, -0.2) is 19.0 Å². The van der Waals surface area contributed by atoms with Crippen molar-refractivity contribution in [3.63, 3.8) is 0 Å². The lowest BCUT2D eigenvalue weighted by molar-refractivity contribution is 0.112. The van der Waals surface area contributed by atoms with E-state index < -0.39 is 5.82 Å². The van der Waals surface area contributed by atoms with Gasteiger partial charge in [0.1, 0.15) is 35.5 Å². The van der Waals surface area contributed by atoms with Crippen LogP contribution in [0.15, 0.2) is 18.3 Å². The van der Waals surface area contributed by atoms with Crippen molar-refractivity contribution in [2.24, 2.45) is 0 Å². The minimum Gasteiger partial charge on any atom is -0.491 e. The van der Waals surface area contributed by atoms with Gasteiger partial charge in [0.05, 0.1) is 17.7 Å². The largest absolute Gasteiger partial charge is 0.491 e. The Morgan fingerprint density at radius 1 is 1.27 bits per heavy atom. The van der Waals surface area contributed by atoms with Crippen molar-refractivity contribution in [3.8, 4) is 28.7 Å². The summed E-state index contributed by atoms with van der Waals surface area (Å²) in [6.45, 7) is 6.84. The van der Waals surface area contributed by atoms with E-state index in [-0.39, 0.29) is 11.6 Å². The summed E-state index contributed by atoms with van der Waals surface area (Å²) >= 11 is 0. The number of benzene rings is 1. The molecule has 0 amide bonds. The van der Waals surface area contributed by atoms with E-state index in [4.69, 9.17) is 9.72 Å². The Labute approximate surface area is 149 Å². The zero-order valence-corrected chi connectivity index (χ0v) is 14.7. The number of ether oxygens (including phenoxy) is 1. The van der Waals surface area contributed by atoms with Gasteiger partial charge in [-0.15, -0.1) is 0 Å². The second-order valence-corrected chi connectivity index (χ2v) is 6.50. The molecule has 0 fully saturated rings. The quantitative estimate of drug-likeness (QED) is 0.675. The first kappa shape index (κ1) is 16.4. The number of nitrogens with zero attached hydrogens (tertiary/aromatic N) is 5. The van der Waals surface area contributed by atoms with Crippen LogP contribution in [-0.4, -0.2) is 37.2 Å². The molecule has 2 aromatic heterocycles. The number of fused-ring (bicyclic) bond motifs is 3. The zero-order chi connectivity index (χ0) is 18.4. The van der Waals surface area contributed by atoms with E-state index in [2.05, 4.69) is 10.1 Å². The van der Waals surface area contributed by atoms with Gasteiger partial charge in [0.15, 0.2) is 12.1 Å². The highest BCUT2D eigenvalue weighted by molar-refractivity contribution is 5.81. The van der Waals surface area contributed by atoms with Crippen LogP contribution in [0.5, 0.6) is 5.75 Å².